The first-order valence-electron chi connectivity index (χ1n) is 9.58. The molecule has 3 rings (SSSR count). The minimum atomic E-state index is -0.859. The molecule has 1 aromatic carbocycles. The van der Waals surface area contributed by atoms with Crippen LogP contribution in [0.3, 0.4) is 0 Å². The van der Waals surface area contributed by atoms with Gasteiger partial charge in [-0.1, -0.05) is 11.2 Å². The number of benzene rings is 1. The monoisotopic (exact) mass is 392 g/mol. The highest BCUT2D eigenvalue weighted by atomic mass is 16.6. The van der Waals surface area contributed by atoms with Crippen molar-refractivity contribution in [1.82, 2.24) is 4.98 Å². The highest BCUT2D eigenvalue weighted by molar-refractivity contribution is 5.98. The van der Waals surface area contributed by atoms with Crippen LogP contribution in [0, 0.1) is 11.3 Å². The van der Waals surface area contributed by atoms with Gasteiger partial charge in [0.15, 0.2) is 5.84 Å². The van der Waals surface area contributed by atoms with Crippen LogP contribution in [0.5, 0.6) is 0 Å². The molecule has 1 aliphatic heterocycles. The van der Waals surface area contributed by atoms with Gasteiger partial charge in [-0.3, -0.25) is 4.79 Å². The summed E-state index contributed by atoms with van der Waals surface area (Å²) in [6.07, 6.45) is 4.39. The van der Waals surface area contributed by atoms with E-state index >= 15 is 0 Å². The van der Waals surface area contributed by atoms with Crippen LogP contribution in [-0.2, 0) is 9.63 Å². The highest BCUT2D eigenvalue weighted by Crippen LogP contribution is 2.18. The van der Waals surface area contributed by atoms with Crippen LogP contribution in [0.2, 0.25) is 0 Å². The van der Waals surface area contributed by atoms with E-state index in [0.717, 1.165) is 31.7 Å². The van der Waals surface area contributed by atoms with Crippen molar-refractivity contribution in [2.75, 3.05) is 23.3 Å². The van der Waals surface area contributed by atoms with Crippen molar-refractivity contribution in [3.8, 4) is 6.07 Å². The van der Waals surface area contributed by atoms with E-state index in [1.165, 1.54) is 6.42 Å². The predicted molar refractivity (Wildman–Crippen MR) is 111 cm³/mol. The molecule has 1 amide bonds. The van der Waals surface area contributed by atoms with Gasteiger partial charge in [0.1, 0.15) is 5.82 Å². The second kappa shape index (κ2) is 9.55. The standard InChI is InChI=1S/C21H24N6O2/c1-15(21(28)25-18-7-5-6-16(12-18)14-22)29-26-20(23)17-8-9-24-19(13-17)27-10-3-2-4-11-27/h5-9,12-13,15H,2-4,10-11H2,1H3,(H2,23,26)(H,25,28). The summed E-state index contributed by atoms with van der Waals surface area (Å²) in [5, 5.41) is 15.5. The van der Waals surface area contributed by atoms with E-state index in [-0.39, 0.29) is 11.7 Å². The molecule has 150 valence electrons. The van der Waals surface area contributed by atoms with Gasteiger partial charge in [-0.2, -0.15) is 5.26 Å². The molecule has 0 bridgehead atoms. The van der Waals surface area contributed by atoms with Crippen molar-refractivity contribution in [2.24, 2.45) is 10.9 Å². The van der Waals surface area contributed by atoms with Gasteiger partial charge in [-0.15, -0.1) is 0 Å². The summed E-state index contributed by atoms with van der Waals surface area (Å²) in [5.74, 6) is 0.653. The summed E-state index contributed by atoms with van der Waals surface area (Å²) in [6, 6.07) is 12.3. The summed E-state index contributed by atoms with van der Waals surface area (Å²) >= 11 is 0. The Morgan fingerprint density at radius 2 is 2.10 bits per heavy atom. The highest BCUT2D eigenvalue weighted by Gasteiger charge is 2.16. The number of nitrogens with one attached hydrogen (secondary N) is 1. The van der Waals surface area contributed by atoms with Gasteiger partial charge in [0.05, 0.1) is 11.6 Å². The van der Waals surface area contributed by atoms with Gasteiger partial charge in [0.2, 0.25) is 6.10 Å². The molecule has 29 heavy (non-hydrogen) atoms. The quantitative estimate of drug-likeness (QED) is 0.443. The first-order valence-corrected chi connectivity index (χ1v) is 9.58. The number of oxime groups is 1. The summed E-state index contributed by atoms with van der Waals surface area (Å²) in [5.41, 5.74) is 7.71. The number of pyridine rings is 1. The first kappa shape index (κ1) is 20.1. The minimum Gasteiger partial charge on any atom is -0.381 e. The number of amides is 1. The van der Waals surface area contributed by atoms with Crippen LogP contribution in [-0.4, -0.2) is 35.9 Å². The summed E-state index contributed by atoms with van der Waals surface area (Å²) in [4.78, 5) is 24.2. The molecule has 2 heterocycles. The molecule has 0 spiro atoms. The molecule has 1 unspecified atom stereocenters. The fourth-order valence-electron chi connectivity index (χ4n) is 3.02. The molecule has 1 saturated heterocycles. The number of nitriles is 1. The summed E-state index contributed by atoms with van der Waals surface area (Å²) in [6.45, 7) is 3.54. The molecule has 8 heteroatoms. The Bertz CT molecular complexity index is 931. The Balaban J connectivity index is 1.61. The number of piperidine rings is 1. The van der Waals surface area contributed by atoms with E-state index in [1.54, 1.807) is 43.5 Å². The lowest BCUT2D eigenvalue weighted by Crippen LogP contribution is -2.30. The van der Waals surface area contributed by atoms with E-state index in [4.69, 9.17) is 15.8 Å². The number of carbonyl (C=O) groups excluding carboxylic acids is 1. The van der Waals surface area contributed by atoms with Crippen molar-refractivity contribution in [2.45, 2.75) is 32.3 Å². The van der Waals surface area contributed by atoms with Gasteiger partial charge >= 0.3 is 0 Å². The average Bonchev–Trinajstić information content (AvgIpc) is 2.78. The topological polar surface area (TPSA) is 117 Å². The molecule has 1 atom stereocenters. The number of rotatable bonds is 6. The fourth-order valence-corrected chi connectivity index (χ4v) is 3.02. The van der Waals surface area contributed by atoms with Crippen molar-refractivity contribution in [1.29, 1.82) is 5.26 Å². The fraction of sp³-hybridized carbons (Fsp3) is 0.333. The first-order chi connectivity index (χ1) is 14.1. The molecule has 0 radical (unpaired) electrons. The second-order valence-electron chi connectivity index (χ2n) is 6.86. The maximum atomic E-state index is 12.3. The van der Waals surface area contributed by atoms with Crippen molar-refractivity contribution in [3.05, 3.63) is 53.7 Å². The number of aromatic nitrogens is 1. The van der Waals surface area contributed by atoms with E-state index in [0.29, 0.717) is 16.8 Å². The largest absolute Gasteiger partial charge is 0.381 e. The minimum absolute atomic E-state index is 0.178. The SMILES string of the molecule is CC(ON=C(N)c1ccnc(N2CCCCC2)c1)C(=O)Nc1cccc(C#N)c1. The molecule has 1 aliphatic rings. The zero-order chi connectivity index (χ0) is 20.6. The molecule has 0 aliphatic carbocycles. The number of hydrogen-bond acceptors (Lipinski definition) is 6. The molecular formula is C21H24N6O2. The Kier molecular flexibility index (Phi) is 6.63. The normalized spacial score (nSPS) is 15.3. The van der Waals surface area contributed by atoms with E-state index in [1.807, 2.05) is 12.1 Å². The van der Waals surface area contributed by atoms with Gasteiger partial charge in [-0.25, -0.2) is 4.98 Å². The third kappa shape index (κ3) is 5.45. The van der Waals surface area contributed by atoms with Crippen molar-refractivity contribution in [3.63, 3.8) is 0 Å². The van der Waals surface area contributed by atoms with Crippen LogP contribution in [0.15, 0.2) is 47.8 Å². The lowest BCUT2D eigenvalue weighted by atomic mass is 10.1. The summed E-state index contributed by atoms with van der Waals surface area (Å²) < 4.78 is 0. The lowest BCUT2D eigenvalue weighted by Gasteiger charge is -2.27. The van der Waals surface area contributed by atoms with Crippen LogP contribution >= 0.6 is 0 Å². The van der Waals surface area contributed by atoms with E-state index in [9.17, 15) is 4.79 Å². The van der Waals surface area contributed by atoms with Gasteiger partial charge in [0.25, 0.3) is 5.91 Å². The zero-order valence-electron chi connectivity index (χ0n) is 16.3. The second-order valence-corrected chi connectivity index (χ2v) is 6.86. The number of anilines is 2. The third-order valence-electron chi connectivity index (χ3n) is 4.66. The molecule has 1 fully saturated rings. The van der Waals surface area contributed by atoms with Gasteiger partial charge in [-0.05, 0) is 56.5 Å². The van der Waals surface area contributed by atoms with Crippen LogP contribution in [0.1, 0.15) is 37.3 Å². The predicted octanol–water partition coefficient (Wildman–Crippen LogP) is 2.61. The van der Waals surface area contributed by atoms with E-state index < -0.39 is 6.10 Å². The zero-order valence-corrected chi connectivity index (χ0v) is 16.3. The maximum Gasteiger partial charge on any atom is 0.267 e. The Labute approximate surface area is 170 Å². The van der Waals surface area contributed by atoms with Crippen LogP contribution in [0.4, 0.5) is 11.5 Å². The molecule has 0 saturated carbocycles. The number of amidine groups is 1. The smallest absolute Gasteiger partial charge is 0.267 e. The van der Waals surface area contributed by atoms with Crippen LogP contribution in [0.25, 0.3) is 0 Å². The molecule has 2 aromatic rings. The van der Waals surface area contributed by atoms with Gasteiger partial charge < -0.3 is 20.8 Å². The number of hydrogen-bond donors (Lipinski definition) is 2. The summed E-state index contributed by atoms with van der Waals surface area (Å²) in [7, 11) is 0. The van der Waals surface area contributed by atoms with Crippen molar-refractivity contribution >= 4 is 23.2 Å². The molecule has 8 nitrogen and oxygen atoms in total. The molecule has 3 N–H and O–H groups in total. The van der Waals surface area contributed by atoms with Crippen molar-refractivity contribution < 1.29 is 9.63 Å². The Morgan fingerprint density at radius 1 is 1.31 bits per heavy atom. The molecular weight excluding hydrogens is 368 g/mol. The Morgan fingerprint density at radius 3 is 2.86 bits per heavy atom. The maximum absolute atomic E-state index is 12.3. The molecule has 1 aromatic heterocycles. The third-order valence-corrected chi connectivity index (χ3v) is 4.66. The number of carbonyl (C=O) groups is 1. The van der Waals surface area contributed by atoms with Crippen LogP contribution < -0.4 is 16.0 Å². The Hall–Kier alpha value is -3.60. The number of nitrogens with zero attached hydrogens (tertiary/aromatic N) is 4. The lowest BCUT2D eigenvalue weighted by molar-refractivity contribution is -0.126. The van der Waals surface area contributed by atoms with E-state index in [2.05, 4.69) is 20.4 Å². The van der Waals surface area contributed by atoms with Gasteiger partial charge in [0, 0.05) is 30.5 Å². The average molecular weight is 392 g/mol. The number of nitrogens with two attached hydrogens (primary N) is 1.